The number of aliphatic imine (C=N–C) groups is 1. The molecule has 5 N–H and O–H groups in total. The fourth-order valence-electron chi connectivity index (χ4n) is 2.53. The lowest BCUT2D eigenvalue weighted by Gasteiger charge is -2.13. The molecule has 0 spiro atoms. The molecule has 0 unspecified atom stereocenters. The van der Waals surface area contributed by atoms with Gasteiger partial charge < -0.3 is 30.4 Å². The second-order valence-electron chi connectivity index (χ2n) is 5.82. The molecule has 0 aliphatic rings. The Kier molecular flexibility index (Phi) is 7.37. The molecular weight excluding hydrogens is 412 g/mol. The molecule has 0 aliphatic carbocycles. The lowest BCUT2D eigenvalue weighted by Crippen LogP contribution is -2.22. The van der Waals surface area contributed by atoms with Gasteiger partial charge in [-0.2, -0.15) is 0 Å². The van der Waals surface area contributed by atoms with Gasteiger partial charge in [0.05, 0.1) is 45.1 Å². The number of nitrogens with two attached hydrogens (primary N) is 2. The Balaban J connectivity index is 2.36. The molecule has 0 aliphatic heterocycles. The van der Waals surface area contributed by atoms with Gasteiger partial charge in [-0.3, -0.25) is 4.72 Å². The number of nitrogens with zero attached hydrogens (tertiary/aromatic N) is 1. The maximum absolute atomic E-state index is 12.6. The monoisotopic (exact) mass is 436 g/mol. The van der Waals surface area contributed by atoms with Crippen LogP contribution in [0, 0.1) is 0 Å². The fourth-order valence-corrected chi connectivity index (χ4v) is 3.37. The molecule has 0 heterocycles. The first-order valence-electron chi connectivity index (χ1n) is 8.51. The number of rotatable bonds is 9. The summed E-state index contributed by atoms with van der Waals surface area (Å²) < 4.78 is 48.5. The van der Waals surface area contributed by atoms with Crippen LogP contribution in [0.25, 0.3) is 6.08 Å². The van der Waals surface area contributed by atoms with Gasteiger partial charge in [0.2, 0.25) is 0 Å². The van der Waals surface area contributed by atoms with Crippen molar-refractivity contribution in [3.05, 3.63) is 41.3 Å². The van der Waals surface area contributed by atoms with Gasteiger partial charge in [-0.25, -0.2) is 13.4 Å². The van der Waals surface area contributed by atoms with Crippen LogP contribution in [0.15, 0.2) is 40.7 Å². The molecule has 2 aromatic carbocycles. The molecule has 0 bridgehead atoms. The van der Waals surface area contributed by atoms with Crippen LogP contribution in [-0.2, 0) is 10.0 Å². The Morgan fingerprint density at radius 2 is 1.53 bits per heavy atom. The Morgan fingerprint density at radius 1 is 0.933 bits per heavy atom. The van der Waals surface area contributed by atoms with Crippen LogP contribution in [-0.4, -0.2) is 42.8 Å². The number of hydrogen-bond acceptors (Lipinski definition) is 7. The van der Waals surface area contributed by atoms with Crippen LogP contribution in [0.3, 0.4) is 0 Å². The van der Waals surface area contributed by atoms with Gasteiger partial charge in [-0.15, -0.1) is 0 Å². The second kappa shape index (κ2) is 9.74. The van der Waals surface area contributed by atoms with Crippen molar-refractivity contribution in [2.45, 2.75) is 0 Å². The maximum atomic E-state index is 12.6. The summed E-state index contributed by atoms with van der Waals surface area (Å²) in [5, 5.41) is 0.990. The van der Waals surface area contributed by atoms with Gasteiger partial charge in [-0.1, -0.05) is 0 Å². The Labute approximate surface area is 175 Å². The van der Waals surface area contributed by atoms with Gasteiger partial charge in [0.1, 0.15) is 28.7 Å². The smallest absolute Gasteiger partial charge is 0.255 e. The SMILES string of the molecule is COc1cc(OC)c(/C=C/S(=O)(=O)Nc2ccc(OC)c(N=C(N)N)c2)c(OC)c1. The molecule has 0 amide bonds. The van der Waals surface area contributed by atoms with Crippen molar-refractivity contribution < 1.29 is 27.4 Å². The molecule has 10 nitrogen and oxygen atoms in total. The van der Waals surface area contributed by atoms with E-state index in [9.17, 15) is 8.42 Å². The highest BCUT2D eigenvalue weighted by molar-refractivity contribution is 7.95. The Hall–Kier alpha value is -3.60. The van der Waals surface area contributed by atoms with E-state index in [0.717, 1.165) is 5.41 Å². The number of anilines is 1. The summed E-state index contributed by atoms with van der Waals surface area (Å²) in [4.78, 5) is 3.93. The molecule has 11 heteroatoms. The fraction of sp³-hybridized carbons (Fsp3) is 0.211. The van der Waals surface area contributed by atoms with Crippen molar-refractivity contribution in [3.63, 3.8) is 0 Å². The molecule has 0 aromatic heterocycles. The third kappa shape index (κ3) is 5.70. The summed E-state index contributed by atoms with van der Waals surface area (Å²) in [6.07, 6.45) is 1.36. The number of ether oxygens (including phenoxy) is 4. The number of benzene rings is 2. The van der Waals surface area contributed by atoms with Crippen molar-refractivity contribution in [1.82, 2.24) is 0 Å². The molecule has 0 fully saturated rings. The first-order valence-corrected chi connectivity index (χ1v) is 10.1. The molecule has 0 radical (unpaired) electrons. The predicted molar refractivity (Wildman–Crippen MR) is 116 cm³/mol. The van der Waals surface area contributed by atoms with Crippen LogP contribution in [0.1, 0.15) is 5.56 Å². The van der Waals surface area contributed by atoms with Gasteiger partial charge in [0.25, 0.3) is 10.0 Å². The van der Waals surface area contributed by atoms with Crippen molar-refractivity contribution in [2.75, 3.05) is 33.2 Å². The average Bonchev–Trinajstić information content (AvgIpc) is 2.71. The zero-order valence-corrected chi connectivity index (χ0v) is 17.8. The summed E-state index contributed by atoms with van der Waals surface area (Å²) in [6.45, 7) is 0. The highest BCUT2D eigenvalue weighted by Crippen LogP contribution is 2.35. The second-order valence-corrected chi connectivity index (χ2v) is 7.39. The van der Waals surface area contributed by atoms with Crippen molar-refractivity contribution in [3.8, 4) is 23.0 Å². The van der Waals surface area contributed by atoms with Gasteiger partial charge in [0, 0.05) is 12.1 Å². The quantitative estimate of drug-likeness (QED) is 0.399. The summed E-state index contributed by atoms with van der Waals surface area (Å²) in [7, 11) is 1.98. The van der Waals surface area contributed by atoms with E-state index < -0.39 is 10.0 Å². The topological polar surface area (TPSA) is 147 Å². The number of hydrogen-bond donors (Lipinski definition) is 3. The first kappa shape index (κ1) is 22.7. The van der Waals surface area contributed by atoms with E-state index >= 15 is 0 Å². The highest BCUT2D eigenvalue weighted by Gasteiger charge is 2.14. The first-order chi connectivity index (χ1) is 14.2. The maximum Gasteiger partial charge on any atom is 0.255 e. The number of sulfonamides is 1. The molecule has 0 saturated carbocycles. The van der Waals surface area contributed by atoms with E-state index in [2.05, 4.69) is 9.71 Å². The average molecular weight is 436 g/mol. The summed E-state index contributed by atoms with van der Waals surface area (Å²) in [5.74, 6) is 1.48. The number of methoxy groups -OCH3 is 4. The van der Waals surface area contributed by atoms with Crippen LogP contribution < -0.4 is 35.1 Å². The van der Waals surface area contributed by atoms with E-state index in [1.165, 1.54) is 46.6 Å². The Morgan fingerprint density at radius 3 is 2.03 bits per heavy atom. The number of nitrogens with one attached hydrogen (secondary N) is 1. The van der Waals surface area contributed by atoms with Crippen molar-refractivity contribution in [1.29, 1.82) is 0 Å². The van der Waals surface area contributed by atoms with E-state index in [4.69, 9.17) is 30.4 Å². The van der Waals surface area contributed by atoms with E-state index in [0.29, 0.717) is 28.6 Å². The molecular formula is C19H24N4O6S. The zero-order valence-electron chi connectivity index (χ0n) is 17.0. The lowest BCUT2D eigenvalue weighted by molar-refractivity contribution is 0.374. The van der Waals surface area contributed by atoms with E-state index in [1.807, 2.05) is 0 Å². The van der Waals surface area contributed by atoms with Crippen LogP contribution in [0.2, 0.25) is 0 Å². The third-order valence-corrected chi connectivity index (χ3v) is 4.87. The molecule has 0 saturated heterocycles. The summed E-state index contributed by atoms with van der Waals surface area (Å²) in [5.41, 5.74) is 11.8. The van der Waals surface area contributed by atoms with Gasteiger partial charge in [-0.05, 0) is 24.3 Å². The predicted octanol–water partition coefficient (Wildman–Crippen LogP) is 2.04. The summed E-state index contributed by atoms with van der Waals surface area (Å²) in [6, 6.07) is 7.74. The van der Waals surface area contributed by atoms with Gasteiger partial charge >= 0.3 is 0 Å². The normalized spacial score (nSPS) is 11.1. The van der Waals surface area contributed by atoms with Crippen LogP contribution in [0.5, 0.6) is 23.0 Å². The molecule has 2 rings (SSSR count). The molecule has 2 aromatic rings. The van der Waals surface area contributed by atoms with Crippen molar-refractivity contribution in [2.24, 2.45) is 16.5 Å². The van der Waals surface area contributed by atoms with E-state index in [1.54, 1.807) is 18.2 Å². The largest absolute Gasteiger partial charge is 0.496 e. The van der Waals surface area contributed by atoms with Gasteiger partial charge in [0.15, 0.2) is 5.96 Å². The third-order valence-electron chi connectivity index (χ3n) is 3.86. The van der Waals surface area contributed by atoms with Crippen LogP contribution in [0.4, 0.5) is 11.4 Å². The Bertz CT molecular complexity index is 1040. The highest BCUT2D eigenvalue weighted by atomic mass is 32.2. The summed E-state index contributed by atoms with van der Waals surface area (Å²) >= 11 is 0. The molecule has 162 valence electrons. The minimum atomic E-state index is -3.89. The standard InChI is InChI=1S/C19H24N4O6S/c1-26-13-10-17(28-3)14(18(11-13)29-4)7-8-30(24,25)23-12-5-6-16(27-2)15(9-12)22-19(20)21/h5-11,23H,1-4H3,(H4,20,21,22)/b8-7+. The molecule has 0 atom stereocenters. The van der Waals surface area contributed by atoms with E-state index in [-0.39, 0.29) is 17.3 Å². The van der Waals surface area contributed by atoms with Crippen molar-refractivity contribution >= 4 is 33.4 Å². The minimum Gasteiger partial charge on any atom is -0.496 e. The molecule has 30 heavy (non-hydrogen) atoms. The minimum absolute atomic E-state index is 0.188. The van der Waals surface area contributed by atoms with Crippen LogP contribution >= 0.6 is 0 Å². The lowest BCUT2D eigenvalue weighted by atomic mass is 10.1. The number of guanidine groups is 1. The zero-order chi connectivity index (χ0) is 22.3.